The standard InChI is InChI=1S/C15H23N3O/c1-12(2)14-15(5-3-6-15)10-18(14)13(19)4-8-17-9-7-16-11-17/h7,9,11-12,14H,3-6,8,10H2,1-2H3. The maximum Gasteiger partial charge on any atom is 0.224 e. The first-order valence-corrected chi connectivity index (χ1v) is 7.38. The van der Waals surface area contributed by atoms with Gasteiger partial charge in [-0.25, -0.2) is 4.98 Å². The first-order chi connectivity index (χ1) is 9.12. The number of likely N-dealkylation sites (tertiary alicyclic amines) is 1. The zero-order valence-electron chi connectivity index (χ0n) is 11.9. The first kappa shape index (κ1) is 12.7. The van der Waals surface area contributed by atoms with Gasteiger partial charge < -0.3 is 9.47 Å². The number of hydrogen-bond donors (Lipinski definition) is 0. The molecule has 2 fully saturated rings. The molecule has 1 saturated carbocycles. The predicted octanol–water partition coefficient (Wildman–Crippen LogP) is 2.31. The number of aromatic nitrogens is 2. The Kier molecular flexibility index (Phi) is 3.11. The fourth-order valence-corrected chi connectivity index (χ4v) is 3.93. The average molecular weight is 261 g/mol. The summed E-state index contributed by atoms with van der Waals surface area (Å²) >= 11 is 0. The van der Waals surface area contributed by atoms with Crippen LogP contribution in [0.3, 0.4) is 0 Å². The summed E-state index contributed by atoms with van der Waals surface area (Å²) in [7, 11) is 0. The number of amides is 1. The van der Waals surface area contributed by atoms with E-state index in [1.165, 1.54) is 19.3 Å². The Labute approximate surface area is 114 Å². The summed E-state index contributed by atoms with van der Waals surface area (Å²) in [6.45, 7) is 6.24. The van der Waals surface area contributed by atoms with Crippen LogP contribution in [0.15, 0.2) is 18.7 Å². The van der Waals surface area contributed by atoms with E-state index in [1.807, 2.05) is 10.8 Å². The molecule has 0 radical (unpaired) electrons. The second-order valence-electron chi connectivity index (χ2n) is 6.48. The summed E-state index contributed by atoms with van der Waals surface area (Å²) in [6.07, 6.45) is 10.0. The van der Waals surface area contributed by atoms with Crippen LogP contribution in [0.25, 0.3) is 0 Å². The largest absolute Gasteiger partial charge is 0.338 e. The molecule has 1 aliphatic carbocycles. The number of nitrogens with zero attached hydrogens (tertiary/aromatic N) is 3. The molecule has 1 unspecified atom stereocenters. The van der Waals surface area contributed by atoms with E-state index >= 15 is 0 Å². The number of rotatable bonds is 4. The van der Waals surface area contributed by atoms with Gasteiger partial charge in [-0.2, -0.15) is 0 Å². The maximum absolute atomic E-state index is 12.4. The highest BCUT2D eigenvalue weighted by Crippen LogP contribution is 2.55. The van der Waals surface area contributed by atoms with E-state index in [4.69, 9.17) is 0 Å². The molecule has 0 bridgehead atoms. The van der Waals surface area contributed by atoms with Gasteiger partial charge in [0.15, 0.2) is 0 Å². The molecule has 2 heterocycles. The Morgan fingerprint density at radius 2 is 2.26 bits per heavy atom. The van der Waals surface area contributed by atoms with Crippen molar-refractivity contribution in [1.29, 1.82) is 0 Å². The van der Waals surface area contributed by atoms with Crippen molar-refractivity contribution >= 4 is 5.91 Å². The third-order valence-electron chi connectivity index (χ3n) is 4.89. The Morgan fingerprint density at radius 3 is 2.79 bits per heavy atom. The molecular formula is C15H23N3O. The minimum Gasteiger partial charge on any atom is -0.338 e. The average Bonchev–Trinajstić information content (AvgIpc) is 2.74. The number of imidazole rings is 1. The molecule has 0 aromatic carbocycles. The molecule has 4 heteroatoms. The van der Waals surface area contributed by atoms with E-state index in [0.717, 1.165) is 13.1 Å². The van der Waals surface area contributed by atoms with Gasteiger partial charge in [0.1, 0.15) is 0 Å². The molecule has 3 rings (SSSR count). The van der Waals surface area contributed by atoms with Crippen LogP contribution >= 0.6 is 0 Å². The van der Waals surface area contributed by atoms with E-state index in [2.05, 4.69) is 23.7 Å². The summed E-state index contributed by atoms with van der Waals surface area (Å²) in [6, 6.07) is 0.483. The van der Waals surface area contributed by atoms with E-state index in [1.54, 1.807) is 12.5 Å². The Hall–Kier alpha value is -1.32. The Morgan fingerprint density at radius 1 is 1.47 bits per heavy atom. The zero-order valence-corrected chi connectivity index (χ0v) is 11.9. The lowest BCUT2D eigenvalue weighted by Crippen LogP contribution is -2.70. The summed E-state index contributed by atoms with van der Waals surface area (Å²) in [4.78, 5) is 18.5. The molecular weight excluding hydrogens is 238 g/mol. The molecule has 1 aromatic rings. The van der Waals surface area contributed by atoms with Crippen LogP contribution in [0.1, 0.15) is 39.5 Å². The van der Waals surface area contributed by atoms with E-state index in [0.29, 0.717) is 29.7 Å². The third kappa shape index (κ3) is 2.07. The topological polar surface area (TPSA) is 38.1 Å². The minimum absolute atomic E-state index is 0.310. The van der Waals surface area contributed by atoms with Crippen molar-refractivity contribution in [3.63, 3.8) is 0 Å². The van der Waals surface area contributed by atoms with Crippen molar-refractivity contribution in [2.24, 2.45) is 11.3 Å². The normalized spacial score (nSPS) is 24.4. The molecule has 1 spiro atoms. The maximum atomic E-state index is 12.4. The lowest BCUT2D eigenvalue weighted by atomic mass is 9.55. The number of aryl methyl sites for hydroxylation is 1. The van der Waals surface area contributed by atoms with E-state index < -0.39 is 0 Å². The van der Waals surface area contributed by atoms with Gasteiger partial charge in [0.05, 0.1) is 6.33 Å². The molecule has 1 amide bonds. The van der Waals surface area contributed by atoms with Gasteiger partial charge in [0.25, 0.3) is 0 Å². The van der Waals surface area contributed by atoms with Gasteiger partial charge in [-0.1, -0.05) is 20.3 Å². The van der Waals surface area contributed by atoms with Crippen LogP contribution in [-0.2, 0) is 11.3 Å². The molecule has 104 valence electrons. The van der Waals surface area contributed by atoms with E-state index in [9.17, 15) is 4.79 Å². The molecule has 0 N–H and O–H groups in total. The van der Waals surface area contributed by atoms with Crippen molar-refractivity contribution in [3.05, 3.63) is 18.7 Å². The second kappa shape index (κ2) is 4.66. The number of carbonyl (C=O) groups is 1. The van der Waals surface area contributed by atoms with Gasteiger partial charge in [-0.3, -0.25) is 4.79 Å². The summed E-state index contributed by atoms with van der Waals surface area (Å²) in [5.74, 6) is 0.885. The summed E-state index contributed by atoms with van der Waals surface area (Å²) in [5, 5.41) is 0. The van der Waals surface area contributed by atoms with Crippen molar-refractivity contribution < 1.29 is 4.79 Å². The summed E-state index contributed by atoms with van der Waals surface area (Å²) in [5.41, 5.74) is 0.485. The quantitative estimate of drug-likeness (QED) is 0.834. The molecule has 1 saturated heterocycles. The molecule has 1 atom stereocenters. The van der Waals surface area contributed by atoms with Crippen molar-refractivity contribution in [2.45, 2.75) is 52.1 Å². The molecule has 1 aliphatic heterocycles. The lowest BCUT2D eigenvalue weighted by molar-refractivity contribution is -0.175. The van der Waals surface area contributed by atoms with Crippen molar-refractivity contribution in [3.8, 4) is 0 Å². The van der Waals surface area contributed by atoms with Gasteiger partial charge in [-0.15, -0.1) is 0 Å². The van der Waals surface area contributed by atoms with Crippen LogP contribution in [0.5, 0.6) is 0 Å². The first-order valence-electron chi connectivity index (χ1n) is 7.38. The lowest BCUT2D eigenvalue weighted by Gasteiger charge is -2.64. The highest BCUT2D eigenvalue weighted by Gasteiger charge is 2.57. The molecule has 19 heavy (non-hydrogen) atoms. The number of carbonyl (C=O) groups excluding carboxylic acids is 1. The van der Waals surface area contributed by atoms with E-state index in [-0.39, 0.29) is 0 Å². The van der Waals surface area contributed by atoms with Gasteiger partial charge in [0, 0.05) is 43.4 Å². The zero-order chi connectivity index (χ0) is 13.5. The minimum atomic E-state index is 0.310. The van der Waals surface area contributed by atoms with Crippen LogP contribution in [0, 0.1) is 11.3 Å². The second-order valence-corrected chi connectivity index (χ2v) is 6.48. The summed E-state index contributed by atoms with van der Waals surface area (Å²) < 4.78 is 1.97. The Bertz CT molecular complexity index is 448. The smallest absolute Gasteiger partial charge is 0.224 e. The predicted molar refractivity (Wildman–Crippen MR) is 73.5 cm³/mol. The van der Waals surface area contributed by atoms with Crippen LogP contribution in [0.4, 0.5) is 0 Å². The van der Waals surface area contributed by atoms with Crippen molar-refractivity contribution in [2.75, 3.05) is 6.54 Å². The molecule has 2 aliphatic rings. The monoisotopic (exact) mass is 261 g/mol. The van der Waals surface area contributed by atoms with Crippen LogP contribution in [0.2, 0.25) is 0 Å². The van der Waals surface area contributed by atoms with Crippen LogP contribution in [-0.4, -0.2) is 32.9 Å². The van der Waals surface area contributed by atoms with Crippen LogP contribution < -0.4 is 0 Å². The van der Waals surface area contributed by atoms with Gasteiger partial charge >= 0.3 is 0 Å². The molecule has 4 nitrogen and oxygen atoms in total. The van der Waals surface area contributed by atoms with Crippen molar-refractivity contribution in [1.82, 2.24) is 14.5 Å². The highest BCUT2D eigenvalue weighted by atomic mass is 16.2. The fraction of sp³-hybridized carbons (Fsp3) is 0.733. The number of hydrogen-bond acceptors (Lipinski definition) is 2. The fourth-order valence-electron chi connectivity index (χ4n) is 3.93. The Balaban J connectivity index is 1.58. The third-order valence-corrected chi connectivity index (χ3v) is 4.89. The van der Waals surface area contributed by atoms with Gasteiger partial charge in [0.2, 0.25) is 5.91 Å². The SMILES string of the molecule is CC(C)C1N(C(=O)CCn2ccnc2)CC12CCC2. The highest BCUT2D eigenvalue weighted by molar-refractivity contribution is 5.78. The van der Waals surface area contributed by atoms with Gasteiger partial charge in [-0.05, 0) is 18.8 Å². The molecule has 1 aromatic heterocycles.